The van der Waals surface area contributed by atoms with Crippen LogP contribution in [-0.4, -0.2) is 64.5 Å². The minimum Gasteiger partial charge on any atom is -0.347 e. The Morgan fingerprint density at radius 1 is 1.23 bits per heavy atom. The number of H-pyrrole nitrogens is 1. The standard InChI is InChI=1S/C18H25N5O3/c1-12(16(24)21(2)3)19-17(25)22-10-8-13(9-11-22)23-15-7-5-4-6-14(15)20-18(23)26/h4-7,12-13H,8-11H2,1-3H3,(H,19,25)(H,20,26). The van der Waals surface area contributed by atoms with Crippen molar-refractivity contribution in [2.45, 2.75) is 31.8 Å². The summed E-state index contributed by atoms with van der Waals surface area (Å²) in [5.74, 6) is -0.140. The van der Waals surface area contributed by atoms with E-state index in [1.807, 2.05) is 24.3 Å². The van der Waals surface area contributed by atoms with Gasteiger partial charge in [-0.25, -0.2) is 9.59 Å². The first kappa shape index (κ1) is 18.0. The molecule has 1 fully saturated rings. The number of benzene rings is 1. The fourth-order valence-electron chi connectivity index (χ4n) is 3.49. The van der Waals surface area contributed by atoms with Crippen LogP contribution in [0.1, 0.15) is 25.8 Å². The average molecular weight is 359 g/mol. The fraction of sp³-hybridized carbons (Fsp3) is 0.500. The van der Waals surface area contributed by atoms with Crippen LogP contribution >= 0.6 is 0 Å². The molecule has 1 aromatic heterocycles. The SMILES string of the molecule is CC(NC(=O)N1CCC(n2c(=O)[nH]c3ccccc32)CC1)C(=O)N(C)C. The topological polar surface area (TPSA) is 90.4 Å². The number of likely N-dealkylation sites (N-methyl/N-ethyl adjacent to an activating group) is 1. The van der Waals surface area contributed by atoms with Crippen molar-refractivity contribution >= 4 is 23.0 Å². The molecule has 0 aliphatic carbocycles. The Morgan fingerprint density at radius 3 is 2.54 bits per heavy atom. The predicted octanol–water partition coefficient (Wildman–Crippen LogP) is 1.15. The second-order valence-corrected chi connectivity index (χ2v) is 6.94. The maximum absolute atomic E-state index is 12.4. The Morgan fingerprint density at radius 2 is 1.88 bits per heavy atom. The number of fused-ring (bicyclic) bond motifs is 1. The summed E-state index contributed by atoms with van der Waals surface area (Å²) in [6.07, 6.45) is 1.40. The van der Waals surface area contributed by atoms with Gasteiger partial charge in [0.15, 0.2) is 0 Å². The molecule has 1 aliphatic rings. The van der Waals surface area contributed by atoms with Crippen LogP contribution in [0.4, 0.5) is 4.79 Å². The normalized spacial score (nSPS) is 16.5. The van der Waals surface area contributed by atoms with Crippen molar-refractivity contribution in [2.75, 3.05) is 27.2 Å². The lowest BCUT2D eigenvalue weighted by atomic mass is 10.0. The zero-order valence-electron chi connectivity index (χ0n) is 15.4. The number of carbonyl (C=O) groups excluding carboxylic acids is 2. The first-order chi connectivity index (χ1) is 12.4. The number of nitrogens with zero attached hydrogens (tertiary/aromatic N) is 3. The van der Waals surface area contributed by atoms with E-state index in [0.29, 0.717) is 25.9 Å². The summed E-state index contributed by atoms with van der Waals surface area (Å²) in [7, 11) is 3.32. The van der Waals surface area contributed by atoms with Gasteiger partial charge in [-0.2, -0.15) is 0 Å². The number of hydrogen-bond acceptors (Lipinski definition) is 3. The molecule has 0 saturated carbocycles. The van der Waals surface area contributed by atoms with Crippen molar-refractivity contribution in [3.05, 3.63) is 34.7 Å². The van der Waals surface area contributed by atoms with Crippen LogP contribution in [-0.2, 0) is 4.79 Å². The van der Waals surface area contributed by atoms with E-state index in [9.17, 15) is 14.4 Å². The second-order valence-electron chi connectivity index (χ2n) is 6.94. The number of piperidine rings is 1. The Kier molecular flexibility index (Phi) is 5.01. The number of aromatic nitrogens is 2. The van der Waals surface area contributed by atoms with Gasteiger partial charge in [0, 0.05) is 33.2 Å². The van der Waals surface area contributed by atoms with Gasteiger partial charge in [-0.15, -0.1) is 0 Å². The van der Waals surface area contributed by atoms with Gasteiger partial charge in [0.2, 0.25) is 5.91 Å². The van der Waals surface area contributed by atoms with Crippen molar-refractivity contribution in [1.29, 1.82) is 0 Å². The molecule has 8 nitrogen and oxygen atoms in total. The highest BCUT2D eigenvalue weighted by Gasteiger charge is 2.27. The molecule has 0 bridgehead atoms. The van der Waals surface area contributed by atoms with E-state index in [1.54, 1.807) is 30.5 Å². The molecule has 3 amide bonds. The Bertz CT molecular complexity index is 861. The molecular formula is C18H25N5O3. The number of imidazole rings is 1. The molecule has 2 N–H and O–H groups in total. The van der Waals surface area contributed by atoms with E-state index in [0.717, 1.165) is 11.0 Å². The van der Waals surface area contributed by atoms with Crippen molar-refractivity contribution in [3.63, 3.8) is 0 Å². The van der Waals surface area contributed by atoms with E-state index < -0.39 is 6.04 Å². The van der Waals surface area contributed by atoms with Gasteiger partial charge in [0.25, 0.3) is 0 Å². The molecule has 1 saturated heterocycles. The number of carbonyl (C=O) groups is 2. The molecule has 1 aromatic carbocycles. The largest absolute Gasteiger partial charge is 0.347 e. The summed E-state index contributed by atoms with van der Waals surface area (Å²) in [6, 6.07) is 6.89. The summed E-state index contributed by atoms with van der Waals surface area (Å²) in [5.41, 5.74) is 1.61. The highest BCUT2D eigenvalue weighted by Crippen LogP contribution is 2.24. The van der Waals surface area contributed by atoms with Gasteiger partial charge in [-0.05, 0) is 31.9 Å². The Balaban J connectivity index is 1.64. The fourth-order valence-corrected chi connectivity index (χ4v) is 3.49. The van der Waals surface area contributed by atoms with E-state index in [4.69, 9.17) is 0 Å². The van der Waals surface area contributed by atoms with Gasteiger partial charge in [-0.3, -0.25) is 9.36 Å². The third-order valence-corrected chi connectivity index (χ3v) is 4.89. The van der Waals surface area contributed by atoms with Crippen LogP contribution in [0.2, 0.25) is 0 Å². The summed E-state index contributed by atoms with van der Waals surface area (Å²) in [5, 5.41) is 2.74. The van der Waals surface area contributed by atoms with Gasteiger partial charge < -0.3 is 20.1 Å². The lowest BCUT2D eigenvalue weighted by Gasteiger charge is -2.33. The van der Waals surface area contributed by atoms with E-state index >= 15 is 0 Å². The Hall–Kier alpha value is -2.77. The summed E-state index contributed by atoms with van der Waals surface area (Å²) < 4.78 is 1.79. The van der Waals surface area contributed by atoms with Crippen LogP contribution in [0.15, 0.2) is 29.1 Å². The second kappa shape index (κ2) is 7.23. The molecule has 26 heavy (non-hydrogen) atoms. The average Bonchev–Trinajstić information content (AvgIpc) is 2.96. The van der Waals surface area contributed by atoms with Crippen molar-refractivity contribution in [1.82, 2.24) is 24.7 Å². The predicted molar refractivity (Wildman–Crippen MR) is 99.1 cm³/mol. The van der Waals surface area contributed by atoms with Crippen LogP contribution < -0.4 is 11.0 Å². The monoisotopic (exact) mass is 359 g/mol. The number of rotatable bonds is 3. The highest BCUT2D eigenvalue weighted by atomic mass is 16.2. The molecule has 0 radical (unpaired) electrons. The third-order valence-electron chi connectivity index (χ3n) is 4.89. The number of hydrogen-bond donors (Lipinski definition) is 2. The lowest BCUT2D eigenvalue weighted by molar-refractivity contribution is -0.130. The summed E-state index contributed by atoms with van der Waals surface area (Å²) in [6.45, 7) is 2.77. The molecule has 2 heterocycles. The molecule has 1 aliphatic heterocycles. The number of para-hydroxylation sites is 2. The van der Waals surface area contributed by atoms with Crippen molar-refractivity contribution < 1.29 is 9.59 Å². The number of nitrogens with one attached hydrogen (secondary N) is 2. The number of urea groups is 1. The van der Waals surface area contributed by atoms with Gasteiger partial charge in [0.05, 0.1) is 11.0 Å². The molecular weight excluding hydrogens is 334 g/mol. The Labute approximate surface area is 151 Å². The smallest absolute Gasteiger partial charge is 0.326 e. The van der Waals surface area contributed by atoms with E-state index in [-0.39, 0.29) is 23.7 Å². The number of aromatic amines is 1. The van der Waals surface area contributed by atoms with Gasteiger partial charge >= 0.3 is 11.7 Å². The first-order valence-corrected chi connectivity index (χ1v) is 8.84. The number of amides is 3. The van der Waals surface area contributed by atoms with Crippen LogP contribution in [0.5, 0.6) is 0 Å². The van der Waals surface area contributed by atoms with Crippen LogP contribution in [0.25, 0.3) is 11.0 Å². The van der Waals surface area contributed by atoms with Crippen molar-refractivity contribution in [2.24, 2.45) is 0 Å². The molecule has 140 valence electrons. The quantitative estimate of drug-likeness (QED) is 0.861. The zero-order chi connectivity index (χ0) is 18.8. The maximum Gasteiger partial charge on any atom is 0.326 e. The first-order valence-electron chi connectivity index (χ1n) is 8.84. The summed E-state index contributed by atoms with van der Waals surface area (Å²) >= 11 is 0. The molecule has 0 spiro atoms. The summed E-state index contributed by atoms with van der Waals surface area (Å²) in [4.78, 5) is 42.6. The maximum atomic E-state index is 12.4. The van der Waals surface area contributed by atoms with Gasteiger partial charge in [0.1, 0.15) is 6.04 Å². The highest BCUT2D eigenvalue weighted by molar-refractivity contribution is 5.86. The lowest BCUT2D eigenvalue weighted by Crippen LogP contribution is -2.51. The molecule has 3 rings (SSSR count). The third kappa shape index (κ3) is 3.44. The minimum absolute atomic E-state index is 0.0588. The molecule has 1 unspecified atom stereocenters. The zero-order valence-corrected chi connectivity index (χ0v) is 15.4. The van der Waals surface area contributed by atoms with E-state index in [2.05, 4.69) is 10.3 Å². The molecule has 1 atom stereocenters. The van der Waals surface area contributed by atoms with E-state index in [1.165, 1.54) is 4.90 Å². The number of likely N-dealkylation sites (tertiary alicyclic amines) is 1. The van der Waals surface area contributed by atoms with Gasteiger partial charge in [-0.1, -0.05) is 12.1 Å². The molecule has 8 heteroatoms. The van der Waals surface area contributed by atoms with Crippen molar-refractivity contribution in [3.8, 4) is 0 Å². The minimum atomic E-state index is -0.563. The van der Waals surface area contributed by atoms with Crippen LogP contribution in [0.3, 0.4) is 0 Å². The van der Waals surface area contributed by atoms with Crippen LogP contribution in [0, 0.1) is 0 Å². The molecule has 2 aromatic rings.